The van der Waals surface area contributed by atoms with Crippen LogP contribution in [-0.2, 0) is 21.2 Å². The van der Waals surface area contributed by atoms with E-state index in [0.29, 0.717) is 17.9 Å². The number of rotatable bonds is 5. The maximum absolute atomic E-state index is 13.4. The Morgan fingerprint density at radius 2 is 1.65 bits per heavy atom. The SMILES string of the molecule is O=C1CCS/C(=N/S(=O)(=O)c2ccc(N3N=C4c5ccccc5CC4C3c3cccs3)cc2)N1c1ccccc1. The van der Waals surface area contributed by atoms with Crippen molar-refractivity contribution in [1.29, 1.82) is 0 Å². The number of carbonyl (C=O) groups is 1. The lowest BCUT2D eigenvalue weighted by Crippen LogP contribution is -2.39. The second-order valence-corrected chi connectivity index (χ2v) is 13.4. The molecule has 2 unspecified atom stereocenters. The molecule has 40 heavy (non-hydrogen) atoms. The lowest BCUT2D eigenvalue weighted by Gasteiger charge is -2.27. The van der Waals surface area contributed by atoms with Gasteiger partial charge in [-0.05, 0) is 59.8 Å². The van der Waals surface area contributed by atoms with Gasteiger partial charge in [-0.25, -0.2) is 0 Å². The van der Waals surface area contributed by atoms with Gasteiger partial charge in [0.15, 0.2) is 5.17 Å². The van der Waals surface area contributed by atoms with Crippen molar-refractivity contribution in [3.63, 3.8) is 0 Å². The number of anilines is 2. The predicted octanol–water partition coefficient (Wildman–Crippen LogP) is 6.10. The van der Waals surface area contributed by atoms with Crippen molar-refractivity contribution in [2.24, 2.45) is 15.4 Å². The minimum absolute atomic E-state index is 0.0363. The molecule has 3 heterocycles. The standard InChI is InChI=1S/C30H24N4O3S3/c35-27-16-18-39-30(33(27)21-8-2-1-3-9-21)32-40(36,37)23-14-12-22(13-15-23)34-29(26-11-6-17-38-26)25-19-20-7-4-5-10-24(20)28(25)31-34/h1-15,17,25,29H,16,18-19H2/b32-30+. The monoisotopic (exact) mass is 584 g/mol. The van der Waals surface area contributed by atoms with Gasteiger partial charge in [-0.3, -0.25) is 14.7 Å². The summed E-state index contributed by atoms with van der Waals surface area (Å²) in [6.45, 7) is 0. The second-order valence-electron chi connectivity index (χ2n) is 9.76. The number of carbonyl (C=O) groups excluding carboxylic acids is 1. The van der Waals surface area contributed by atoms with E-state index in [-0.39, 0.29) is 27.9 Å². The van der Waals surface area contributed by atoms with Crippen molar-refractivity contribution in [2.75, 3.05) is 15.7 Å². The van der Waals surface area contributed by atoms with E-state index in [0.717, 1.165) is 17.8 Å². The Kier molecular flexibility index (Phi) is 6.33. The summed E-state index contributed by atoms with van der Waals surface area (Å²) in [6.07, 6.45) is 1.24. The Hall–Kier alpha value is -3.73. The van der Waals surface area contributed by atoms with Gasteiger partial charge < -0.3 is 0 Å². The summed E-state index contributed by atoms with van der Waals surface area (Å²) >= 11 is 2.98. The third-order valence-electron chi connectivity index (χ3n) is 7.38. The zero-order valence-electron chi connectivity index (χ0n) is 21.3. The lowest BCUT2D eigenvalue weighted by atomic mass is 9.94. The zero-order chi connectivity index (χ0) is 27.3. The summed E-state index contributed by atoms with van der Waals surface area (Å²) < 4.78 is 30.9. The van der Waals surface area contributed by atoms with Crippen LogP contribution in [0.4, 0.5) is 11.4 Å². The van der Waals surface area contributed by atoms with E-state index >= 15 is 0 Å². The smallest absolute Gasteiger partial charge is 0.274 e. The fraction of sp³-hybridized carbons (Fsp3) is 0.167. The molecule has 2 atom stereocenters. The molecule has 1 fully saturated rings. The van der Waals surface area contributed by atoms with Gasteiger partial charge in [0.2, 0.25) is 5.91 Å². The molecule has 1 saturated heterocycles. The van der Waals surface area contributed by atoms with Crippen molar-refractivity contribution >= 4 is 61.3 Å². The fourth-order valence-corrected chi connectivity index (χ4v) is 8.60. The van der Waals surface area contributed by atoms with E-state index < -0.39 is 10.0 Å². The van der Waals surface area contributed by atoms with Crippen molar-refractivity contribution in [1.82, 2.24) is 0 Å². The molecular formula is C30H24N4O3S3. The van der Waals surface area contributed by atoms with Crippen molar-refractivity contribution in [3.8, 4) is 0 Å². The zero-order valence-corrected chi connectivity index (χ0v) is 23.7. The molecule has 4 aromatic rings. The van der Waals surface area contributed by atoms with E-state index in [1.165, 1.54) is 32.7 Å². The number of amidine groups is 1. The Morgan fingerprint density at radius 1 is 0.875 bits per heavy atom. The van der Waals surface area contributed by atoms with Gasteiger partial charge in [-0.15, -0.1) is 15.7 Å². The van der Waals surface area contributed by atoms with Crippen LogP contribution in [0.2, 0.25) is 0 Å². The summed E-state index contributed by atoms with van der Waals surface area (Å²) in [7, 11) is -4.06. The van der Waals surface area contributed by atoms with Gasteiger partial charge in [-0.1, -0.05) is 60.3 Å². The molecule has 3 aromatic carbocycles. The van der Waals surface area contributed by atoms with Crippen LogP contribution < -0.4 is 9.91 Å². The summed E-state index contributed by atoms with van der Waals surface area (Å²) in [5.74, 6) is 0.545. The average molecular weight is 585 g/mol. The number of thiophene rings is 1. The van der Waals surface area contributed by atoms with Crippen molar-refractivity contribution < 1.29 is 13.2 Å². The number of hydrogen-bond donors (Lipinski definition) is 0. The van der Waals surface area contributed by atoms with Crippen LogP contribution in [0.15, 0.2) is 111 Å². The van der Waals surface area contributed by atoms with Gasteiger partial charge in [0, 0.05) is 28.5 Å². The van der Waals surface area contributed by atoms with Crippen molar-refractivity contribution in [2.45, 2.75) is 23.8 Å². The van der Waals surface area contributed by atoms with Crippen LogP contribution in [0.3, 0.4) is 0 Å². The molecular weight excluding hydrogens is 561 g/mol. The van der Waals surface area contributed by atoms with Crippen LogP contribution in [-0.4, -0.2) is 31.0 Å². The molecule has 0 bridgehead atoms. The van der Waals surface area contributed by atoms with Crippen LogP contribution >= 0.6 is 23.1 Å². The number of sulfonamides is 1. The molecule has 1 aromatic heterocycles. The molecule has 0 N–H and O–H groups in total. The number of thioether (sulfide) groups is 1. The first-order chi connectivity index (χ1) is 19.5. The van der Waals surface area contributed by atoms with Gasteiger partial charge in [0.1, 0.15) is 0 Å². The molecule has 2 aliphatic heterocycles. The second kappa shape index (κ2) is 10.0. The highest BCUT2D eigenvalue weighted by atomic mass is 32.2. The maximum atomic E-state index is 13.4. The molecule has 200 valence electrons. The van der Waals surface area contributed by atoms with Gasteiger partial charge >= 0.3 is 0 Å². The number of nitrogens with zero attached hydrogens (tertiary/aromatic N) is 4. The first kappa shape index (κ1) is 25.3. The highest BCUT2D eigenvalue weighted by Crippen LogP contribution is 2.47. The number of hydrazone groups is 1. The summed E-state index contributed by atoms with van der Waals surface area (Å²) in [6, 6.07) is 28.4. The first-order valence-electron chi connectivity index (χ1n) is 12.9. The van der Waals surface area contributed by atoms with Crippen LogP contribution in [0.1, 0.15) is 28.5 Å². The van der Waals surface area contributed by atoms with E-state index in [2.05, 4.69) is 40.1 Å². The minimum atomic E-state index is -4.06. The van der Waals surface area contributed by atoms with Gasteiger partial charge in [0.05, 0.1) is 28.0 Å². The third kappa shape index (κ3) is 4.36. The lowest BCUT2D eigenvalue weighted by molar-refractivity contribution is -0.117. The molecule has 10 heteroatoms. The minimum Gasteiger partial charge on any atom is -0.274 e. The number of para-hydroxylation sites is 1. The molecule has 7 rings (SSSR count). The van der Waals surface area contributed by atoms with E-state index in [1.54, 1.807) is 47.7 Å². The summed E-state index contributed by atoms with van der Waals surface area (Å²) in [5, 5.41) is 9.34. The average Bonchev–Trinajstić information content (AvgIpc) is 3.70. The Balaban J connectivity index is 1.22. The molecule has 1 aliphatic carbocycles. The fourth-order valence-electron chi connectivity index (χ4n) is 5.55. The normalized spacial score (nSPS) is 21.4. The molecule has 1 amide bonds. The Bertz CT molecular complexity index is 1750. The number of benzene rings is 3. The maximum Gasteiger partial charge on any atom is 0.284 e. The molecule has 0 saturated carbocycles. The quantitative estimate of drug-likeness (QED) is 0.283. The molecule has 7 nitrogen and oxygen atoms in total. The Labute approximate surface area is 240 Å². The predicted molar refractivity (Wildman–Crippen MR) is 162 cm³/mol. The van der Waals surface area contributed by atoms with Crippen LogP contribution in [0.25, 0.3) is 0 Å². The number of fused-ring (bicyclic) bond motifs is 3. The first-order valence-corrected chi connectivity index (χ1v) is 16.3. The topological polar surface area (TPSA) is 82.4 Å². The number of amides is 1. The van der Waals surface area contributed by atoms with E-state index in [4.69, 9.17) is 5.10 Å². The van der Waals surface area contributed by atoms with Crippen LogP contribution in [0, 0.1) is 5.92 Å². The Morgan fingerprint density at radius 3 is 2.42 bits per heavy atom. The summed E-state index contributed by atoms with van der Waals surface area (Å²) in [4.78, 5) is 15.4. The molecule has 0 spiro atoms. The number of hydrogen-bond acceptors (Lipinski definition) is 7. The van der Waals surface area contributed by atoms with E-state index in [1.807, 2.05) is 29.3 Å². The van der Waals surface area contributed by atoms with Gasteiger partial charge in [-0.2, -0.15) is 13.5 Å². The molecule has 3 aliphatic rings. The van der Waals surface area contributed by atoms with Crippen molar-refractivity contribution in [3.05, 3.63) is 112 Å². The highest BCUT2D eigenvalue weighted by Gasteiger charge is 2.44. The van der Waals surface area contributed by atoms with Gasteiger partial charge in [0.25, 0.3) is 10.0 Å². The van der Waals surface area contributed by atoms with E-state index in [9.17, 15) is 13.2 Å². The summed E-state index contributed by atoms with van der Waals surface area (Å²) in [5.41, 5.74) is 5.00. The highest BCUT2D eigenvalue weighted by molar-refractivity contribution is 8.15. The molecule has 0 radical (unpaired) electrons. The third-order valence-corrected chi connectivity index (χ3v) is 10.7. The van der Waals surface area contributed by atoms with Crippen LogP contribution in [0.5, 0.6) is 0 Å². The largest absolute Gasteiger partial charge is 0.284 e.